The van der Waals surface area contributed by atoms with Crippen LogP contribution in [0.3, 0.4) is 0 Å². The lowest BCUT2D eigenvalue weighted by Crippen LogP contribution is -2.51. The number of hydrogen-bond acceptors (Lipinski definition) is 3. The minimum Gasteiger partial charge on any atom is -0.396 e. The topological polar surface area (TPSA) is 52.6 Å². The fraction of sp³-hybridized carbons (Fsp3) is 0.562. The summed E-state index contributed by atoms with van der Waals surface area (Å²) in [4.78, 5) is 14.5. The largest absolute Gasteiger partial charge is 0.396 e. The van der Waals surface area contributed by atoms with Gasteiger partial charge in [0.15, 0.2) is 0 Å². The third kappa shape index (κ3) is 2.72. The maximum atomic E-state index is 12.6. The van der Waals surface area contributed by atoms with E-state index in [4.69, 9.17) is 5.11 Å². The molecule has 0 bridgehead atoms. The molecule has 4 nitrogen and oxygen atoms in total. The smallest absolute Gasteiger partial charge is 0.240 e. The van der Waals surface area contributed by atoms with Gasteiger partial charge in [-0.3, -0.25) is 4.79 Å². The molecule has 0 unspecified atom stereocenters. The summed E-state index contributed by atoms with van der Waals surface area (Å²) in [6, 6.07) is 8.24. The number of rotatable bonds is 2. The number of fused-ring (bicyclic) bond motifs is 1. The Bertz CT molecular complexity index is 481. The average Bonchev–Trinajstić information content (AvgIpc) is 2.54. The highest BCUT2D eigenvalue weighted by Gasteiger charge is 2.30. The van der Waals surface area contributed by atoms with Gasteiger partial charge in [0, 0.05) is 26.2 Å². The SMILES string of the molecule is O=C([C@H]1Cc2ccccc2CN1)N1CCC(CO)CC1. The van der Waals surface area contributed by atoms with Crippen molar-refractivity contribution in [2.75, 3.05) is 19.7 Å². The number of nitrogens with zero attached hydrogens (tertiary/aromatic N) is 1. The first-order valence-electron chi connectivity index (χ1n) is 7.47. The maximum absolute atomic E-state index is 12.6. The normalized spacial score (nSPS) is 23.4. The number of carbonyl (C=O) groups is 1. The van der Waals surface area contributed by atoms with Crippen LogP contribution < -0.4 is 5.32 Å². The first-order chi connectivity index (χ1) is 9.78. The third-order valence-electron chi connectivity index (χ3n) is 4.56. The monoisotopic (exact) mass is 274 g/mol. The van der Waals surface area contributed by atoms with Gasteiger partial charge < -0.3 is 15.3 Å². The van der Waals surface area contributed by atoms with Crippen LogP contribution in [0.15, 0.2) is 24.3 Å². The van der Waals surface area contributed by atoms with E-state index < -0.39 is 0 Å². The molecule has 1 saturated heterocycles. The van der Waals surface area contributed by atoms with E-state index in [2.05, 4.69) is 17.4 Å². The van der Waals surface area contributed by atoms with Crippen LogP contribution in [0.5, 0.6) is 0 Å². The molecule has 2 heterocycles. The molecule has 1 aromatic carbocycles. The van der Waals surface area contributed by atoms with E-state index in [1.807, 2.05) is 17.0 Å². The van der Waals surface area contributed by atoms with Crippen LogP contribution in [0.2, 0.25) is 0 Å². The molecule has 4 heteroatoms. The number of aliphatic hydroxyl groups is 1. The summed E-state index contributed by atoms with van der Waals surface area (Å²) in [6.45, 7) is 2.59. The number of likely N-dealkylation sites (tertiary alicyclic amines) is 1. The van der Waals surface area contributed by atoms with Gasteiger partial charge in [-0.15, -0.1) is 0 Å². The summed E-state index contributed by atoms with van der Waals surface area (Å²) in [6.07, 6.45) is 2.63. The summed E-state index contributed by atoms with van der Waals surface area (Å²) in [5.41, 5.74) is 2.59. The molecule has 0 aromatic heterocycles. The zero-order valence-electron chi connectivity index (χ0n) is 11.7. The van der Waals surface area contributed by atoms with Crippen molar-refractivity contribution < 1.29 is 9.90 Å². The highest BCUT2D eigenvalue weighted by Crippen LogP contribution is 2.21. The van der Waals surface area contributed by atoms with E-state index in [1.165, 1.54) is 11.1 Å². The average molecular weight is 274 g/mol. The minimum atomic E-state index is -0.0874. The number of benzene rings is 1. The second-order valence-electron chi connectivity index (χ2n) is 5.86. The predicted molar refractivity (Wildman–Crippen MR) is 77.2 cm³/mol. The van der Waals surface area contributed by atoms with Gasteiger partial charge in [-0.1, -0.05) is 24.3 Å². The molecule has 108 valence electrons. The molecule has 0 spiro atoms. The fourth-order valence-corrected chi connectivity index (χ4v) is 3.19. The molecule has 0 radical (unpaired) electrons. The van der Waals surface area contributed by atoms with Gasteiger partial charge in [-0.05, 0) is 36.3 Å². The van der Waals surface area contributed by atoms with Gasteiger partial charge in [0.2, 0.25) is 5.91 Å². The van der Waals surface area contributed by atoms with Gasteiger partial charge in [0.1, 0.15) is 0 Å². The fourth-order valence-electron chi connectivity index (χ4n) is 3.19. The number of hydrogen-bond donors (Lipinski definition) is 2. The first kappa shape index (κ1) is 13.6. The molecule has 2 aliphatic rings. The van der Waals surface area contributed by atoms with Gasteiger partial charge in [-0.2, -0.15) is 0 Å². The molecule has 20 heavy (non-hydrogen) atoms. The van der Waals surface area contributed by atoms with Gasteiger partial charge >= 0.3 is 0 Å². The van der Waals surface area contributed by atoms with Crippen molar-refractivity contribution in [3.63, 3.8) is 0 Å². The summed E-state index contributed by atoms with van der Waals surface area (Å²) in [5.74, 6) is 0.593. The van der Waals surface area contributed by atoms with E-state index >= 15 is 0 Å². The molecule has 1 aromatic rings. The quantitative estimate of drug-likeness (QED) is 0.843. The molecule has 1 fully saturated rings. The molecule has 1 atom stereocenters. The second kappa shape index (κ2) is 5.94. The zero-order valence-corrected chi connectivity index (χ0v) is 11.7. The number of nitrogens with one attached hydrogen (secondary N) is 1. The van der Waals surface area contributed by atoms with Gasteiger partial charge in [0.25, 0.3) is 0 Å². The van der Waals surface area contributed by atoms with Crippen LogP contribution in [-0.4, -0.2) is 41.7 Å². The Labute approximate surface area is 119 Å². The molecule has 0 saturated carbocycles. The lowest BCUT2D eigenvalue weighted by atomic mass is 9.93. The highest BCUT2D eigenvalue weighted by molar-refractivity contribution is 5.82. The van der Waals surface area contributed by atoms with Crippen molar-refractivity contribution in [2.24, 2.45) is 5.92 Å². The van der Waals surface area contributed by atoms with E-state index in [0.717, 1.165) is 38.9 Å². The van der Waals surface area contributed by atoms with Gasteiger partial charge in [0.05, 0.1) is 6.04 Å². The molecule has 2 aliphatic heterocycles. The summed E-state index contributed by atoms with van der Waals surface area (Å²) < 4.78 is 0. The summed E-state index contributed by atoms with van der Waals surface area (Å²) in [5, 5.41) is 12.5. The Kier molecular flexibility index (Phi) is 4.03. The highest BCUT2D eigenvalue weighted by atomic mass is 16.3. The van der Waals surface area contributed by atoms with Crippen LogP contribution in [0.4, 0.5) is 0 Å². The Morgan fingerprint density at radius 2 is 1.95 bits per heavy atom. The maximum Gasteiger partial charge on any atom is 0.240 e. The van der Waals surface area contributed by atoms with Crippen molar-refractivity contribution in [1.29, 1.82) is 0 Å². The summed E-state index contributed by atoms with van der Waals surface area (Å²) >= 11 is 0. The lowest BCUT2D eigenvalue weighted by Gasteiger charge is -2.35. The van der Waals surface area contributed by atoms with Gasteiger partial charge in [-0.25, -0.2) is 0 Å². The molecule has 0 aliphatic carbocycles. The lowest BCUT2D eigenvalue weighted by molar-refractivity contribution is -0.135. The summed E-state index contributed by atoms with van der Waals surface area (Å²) in [7, 11) is 0. The predicted octanol–water partition coefficient (Wildman–Crippen LogP) is 0.932. The van der Waals surface area contributed by atoms with Crippen LogP contribution in [-0.2, 0) is 17.8 Å². The molecular formula is C16H22N2O2. The van der Waals surface area contributed by atoms with Crippen molar-refractivity contribution in [1.82, 2.24) is 10.2 Å². The molecular weight excluding hydrogens is 252 g/mol. The Hall–Kier alpha value is -1.39. The number of carbonyl (C=O) groups excluding carboxylic acids is 1. The van der Waals surface area contributed by atoms with Crippen LogP contribution in [0.25, 0.3) is 0 Å². The zero-order chi connectivity index (χ0) is 13.9. The Balaban J connectivity index is 1.62. The number of amides is 1. The number of piperidine rings is 1. The standard InChI is InChI=1S/C16H22N2O2/c19-11-12-5-7-18(8-6-12)16(20)15-9-13-3-1-2-4-14(13)10-17-15/h1-4,12,15,17,19H,5-11H2/t15-/m1/s1. The third-order valence-corrected chi connectivity index (χ3v) is 4.56. The molecule has 3 rings (SSSR count). The first-order valence-corrected chi connectivity index (χ1v) is 7.47. The van der Waals surface area contributed by atoms with Crippen molar-refractivity contribution in [2.45, 2.75) is 31.8 Å². The van der Waals surface area contributed by atoms with Crippen molar-refractivity contribution >= 4 is 5.91 Å². The van der Waals surface area contributed by atoms with E-state index in [9.17, 15) is 4.79 Å². The van der Waals surface area contributed by atoms with E-state index in [0.29, 0.717) is 5.92 Å². The van der Waals surface area contributed by atoms with Crippen LogP contribution >= 0.6 is 0 Å². The second-order valence-corrected chi connectivity index (χ2v) is 5.86. The molecule has 2 N–H and O–H groups in total. The van der Waals surface area contributed by atoms with Crippen molar-refractivity contribution in [3.05, 3.63) is 35.4 Å². The van der Waals surface area contributed by atoms with Crippen LogP contribution in [0.1, 0.15) is 24.0 Å². The minimum absolute atomic E-state index is 0.0874. The molecule has 1 amide bonds. The Morgan fingerprint density at radius 1 is 1.25 bits per heavy atom. The Morgan fingerprint density at radius 3 is 2.65 bits per heavy atom. The van der Waals surface area contributed by atoms with E-state index in [1.54, 1.807) is 0 Å². The van der Waals surface area contributed by atoms with Crippen molar-refractivity contribution in [3.8, 4) is 0 Å². The van der Waals surface area contributed by atoms with Crippen LogP contribution in [0, 0.1) is 5.92 Å². The van der Waals surface area contributed by atoms with E-state index in [-0.39, 0.29) is 18.6 Å². The number of aliphatic hydroxyl groups excluding tert-OH is 1.